The normalized spacial score (nSPS) is 12.0. The van der Waals surface area contributed by atoms with Gasteiger partial charge < -0.3 is 15.4 Å². The van der Waals surface area contributed by atoms with Gasteiger partial charge in [-0.05, 0) is 32.0 Å². The zero-order valence-corrected chi connectivity index (χ0v) is 11.5. The second kappa shape index (κ2) is 7.24. The maximum absolute atomic E-state index is 12.1. The zero-order chi connectivity index (χ0) is 13.5. The number of hydrogen-bond donors (Lipinski definition) is 1. The Morgan fingerprint density at radius 1 is 1.56 bits per heavy atom. The molecule has 0 aromatic heterocycles. The van der Waals surface area contributed by atoms with Crippen molar-refractivity contribution >= 4 is 17.5 Å². The molecule has 0 aliphatic carbocycles. The van der Waals surface area contributed by atoms with Crippen molar-refractivity contribution in [1.82, 2.24) is 4.90 Å². The van der Waals surface area contributed by atoms with Crippen LogP contribution in [0.15, 0.2) is 24.3 Å². The van der Waals surface area contributed by atoms with Crippen LogP contribution in [0.4, 0.5) is 0 Å². The number of likely N-dealkylation sites (N-methyl/N-ethyl adjacent to an activating group) is 1. The zero-order valence-electron chi connectivity index (χ0n) is 10.7. The largest absolute Gasteiger partial charge is 0.481 e. The van der Waals surface area contributed by atoms with Gasteiger partial charge in [-0.2, -0.15) is 0 Å². The number of hydrogen-bond acceptors (Lipinski definition) is 3. The predicted molar refractivity (Wildman–Crippen MR) is 72.9 cm³/mol. The molecular formula is C13H19ClN2O2. The Kier molecular flexibility index (Phi) is 5.95. The molecule has 0 aliphatic heterocycles. The number of benzene rings is 1. The van der Waals surface area contributed by atoms with Gasteiger partial charge in [-0.25, -0.2) is 0 Å². The van der Waals surface area contributed by atoms with Crippen molar-refractivity contribution in [1.29, 1.82) is 0 Å². The molecule has 0 radical (unpaired) electrons. The van der Waals surface area contributed by atoms with Gasteiger partial charge in [-0.1, -0.05) is 17.7 Å². The van der Waals surface area contributed by atoms with E-state index in [2.05, 4.69) is 0 Å². The number of nitrogens with two attached hydrogens (primary N) is 1. The van der Waals surface area contributed by atoms with Gasteiger partial charge in [-0.15, -0.1) is 0 Å². The summed E-state index contributed by atoms with van der Waals surface area (Å²) in [6.07, 6.45) is -0.546. The highest BCUT2D eigenvalue weighted by atomic mass is 35.5. The predicted octanol–water partition coefficient (Wildman–Crippen LogP) is 1.91. The third-order valence-electron chi connectivity index (χ3n) is 2.55. The molecule has 1 rings (SSSR count). The number of rotatable bonds is 6. The highest BCUT2D eigenvalue weighted by Gasteiger charge is 2.20. The van der Waals surface area contributed by atoms with E-state index in [4.69, 9.17) is 22.1 Å². The summed E-state index contributed by atoms with van der Waals surface area (Å²) in [5.74, 6) is 0.523. The van der Waals surface area contributed by atoms with Crippen molar-refractivity contribution in [3.05, 3.63) is 29.3 Å². The molecule has 1 atom stereocenters. The van der Waals surface area contributed by atoms with E-state index in [1.807, 2.05) is 6.92 Å². The summed E-state index contributed by atoms with van der Waals surface area (Å²) >= 11 is 5.86. The Morgan fingerprint density at radius 2 is 2.28 bits per heavy atom. The highest BCUT2D eigenvalue weighted by molar-refractivity contribution is 6.30. The molecule has 0 saturated carbocycles. The van der Waals surface area contributed by atoms with Crippen molar-refractivity contribution in [3.8, 4) is 5.75 Å². The van der Waals surface area contributed by atoms with Crippen molar-refractivity contribution in [2.45, 2.75) is 20.0 Å². The SMILES string of the molecule is CCN(CCN)C(=O)C(C)Oc1cccc(Cl)c1. The Bertz CT molecular complexity index is 398. The smallest absolute Gasteiger partial charge is 0.263 e. The van der Waals surface area contributed by atoms with Crippen LogP contribution in [-0.4, -0.2) is 36.5 Å². The molecule has 18 heavy (non-hydrogen) atoms. The van der Waals surface area contributed by atoms with Gasteiger partial charge in [0, 0.05) is 24.7 Å². The van der Waals surface area contributed by atoms with E-state index in [-0.39, 0.29) is 5.91 Å². The molecule has 0 fully saturated rings. The number of halogens is 1. The van der Waals surface area contributed by atoms with E-state index in [0.717, 1.165) is 0 Å². The van der Waals surface area contributed by atoms with Crippen LogP contribution >= 0.6 is 11.6 Å². The summed E-state index contributed by atoms with van der Waals surface area (Å²) in [5.41, 5.74) is 5.46. The summed E-state index contributed by atoms with van der Waals surface area (Å²) in [4.78, 5) is 13.7. The summed E-state index contributed by atoms with van der Waals surface area (Å²) in [6, 6.07) is 7.00. The topological polar surface area (TPSA) is 55.6 Å². The van der Waals surface area contributed by atoms with Crippen molar-refractivity contribution in [2.75, 3.05) is 19.6 Å². The van der Waals surface area contributed by atoms with Crippen LogP contribution in [0.1, 0.15) is 13.8 Å². The lowest BCUT2D eigenvalue weighted by Gasteiger charge is -2.24. The van der Waals surface area contributed by atoms with E-state index in [9.17, 15) is 4.79 Å². The molecule has 0 heterocycles. The Labute approximate surface area is 113 Å². The quantitative estimate of drug-likeness (QED) is 0.859. The van der Waals surface area contributed by atoms with Gasteiger partial charge in [0.05, 0.1) is 0 Å². The molecule has 0 spiro atoms. The first-order valence-corrected chi connectivity index (χ1v) is 6.37. The van der Waals surface area contributed by atoms with Crippen LogP contribution in [0, 0.1) is 0 Å². The average Bonchev–Trinajstić information content (AvgIpc) is 2.35. The van der Waals surface area contributed by atoms with E-state index >= 15 is 0 Å². The Balaban J connectivity index is 2.64. The molecule has 0 bridgehead atoms. The fraction of sp³-hybridized carbons (Fsp3) is 0.462. The van der Waals surface area contributed by atoms with Crippen LogP contribution in [0.2, 0.25) is 5.02 Å². The minimum Gasteiger partial charge on any atom is -0.481 e. The minimum atomic E-state index is -0.546. The second-order valence-corrected chi connectivity index (χ2v) is 4.36. The fourth-order valence-electron chi connectivity index (χ4n) is 1.63. The van der Waals surface area contributed by atoms with Crippen LogP contribution in [0.5, 0.6) is 5.75 Å². The summed E-state index contributed by atoms with van der Waals surface area (Å²) in [7, 11) is 0. The highest BCUT2D eigenvalue weighted by Crippen LogP contribution is 2.18. The lowest BCUT2D eigenvalue weighted by Crippen LogP contribution is -2.42. The summed E-state index contributed by atoms with van der Waals surface area (Å²) in [6.45, 7) is 5.25. The van der Waals surface area contributed by atoms with Crippen LogP contribution in [-0.2, 0) is 4.79 Å². The lowest BCUT2D eigenvalue weighted by molar-refractivity contribution is -0.137. The van der Waals surface area contributed by atoms with Crippen molar-refractivity contribution < 1.29 is 9.53 Å². The first-order chi connectivity index (χ1) is 8.58. The monoisotopic (exact) mass is 270 g/mol. The van der Waals surface area contributed by atoms with Crippen molar-refractivity contribution in [2.24, 2.45) is 5.73 Å². The van der Waals surface area contributed by atoms with Gasteiger partial charge in [-0.3, -0.25) is 4.79 Å². The first-order valence-electron chi connectivity index (χ1n) is 5.99. The fourth-order valence-corrected chi connectivity index (χ4v) is 1.81. The van der Waals surface area contributed by atoms with Gasteiger partial charge in [0.15, 0.2) is 6.10 Å². The molecule has 1 amide bonds. The lowest BCUT2D eigenvalue weighted by atomic mass is 10.3. The number of nitrogens with zero attached hydrogens (tertiary/aromatic N) is 1. The van der Waals surface area contributed by atoms with Gasteiger partial charge >= 0.3 is 0 Å². The third-order valence-corrected chi connectivity index (χ3v) is 2.78. The standard InChI is InChI=1S/C13H19ClN2O2/c1-3-16(8-7-15)13(17)10(2)18-12-6-4-5-11(14)9-12/h4-6,9-10H,3,7-8,15H2,1-2H3. The molecule has 1 unspecified atom stereocenters. The van der Waals surface area contributed by atoms with Crippen molar-refractivity contribution in [3.63, 3.8) is 0 Å². The molecule has 2 N–H and O–H groups in total. The van der Waals surface area contributed by atoms with Crippen LogP contribution < -0.4 is 10.5 Å². The Morgan fingerprint density at radius 3 is 2.83 bits per heavy atom. The Hall–Kier alpha value is -1.26. The third kappa shape index (κ3) is 4.20. The van der Waals surface area contributed by atoms with Crippen LogP contribution in [0.25, 0.3) is 0 Å². The van der Waals surface area contributed by atoms with E-state index in [0.29, 0.717) is 30.4 Å². The summed E-state index contributed by atoms with van der Waals surface area (Å²) in [5, 5.41) is 0.585. The molecule has 0 aliphatic rings. The number of amides is 1. The van der Waals surface area contributed by atoms with E-state index in [1.165, 1.54) is 0 Å². The number of carbonyl (C=O) groups excluding carboxylic acids is 1. The van der Waals surface area contributed by atoms with E-state index < -0.39 is 6.10 Å². The molecule has 100 valence electrons. The van der Waals surface area contributed by atoms with E-state index in [1.54, 1.807) is 36.1 Å². The second-order valence-electron chi connectivity index (χ2n) is 3.92. The maximum Gasteiger partial charge on any atom is 0.263 e. The molecule has 4 nitrogen and oxygen atoms in total. The minimum absolute atomic E-state index is 0.0667. The van der Waals surface area contributed by atoms with Gasteiger partial charge in [0.2, 0.25) is 0 Å². The molecule has 1 aromatic rings. The van der Waals surface area contributed by atoms with Gasteiger partial charge in [0.1, 0.15) is 5.75 Å². The first kappa shape index (κ1) is 14.8. The average molecular weight is 271 g/mol. The van der Waals surface area contributed by atoms with Gasteiger partial charge in [0.25, 0.3) is 5.91 Å². The molecule has 0 saturated heterocycles. The molecular weight excluding hydrogens is 252 g/mol. The number of carbonyl (C=O) groups is 1. The summed E-state index contributed by atoms with van der Waals surface area (Å²) < 4.78 is 5.57. The molecule has 5 heteroatoms. The van der Waals surface area contributed by atoms with Crippen LogP contribution in [0.3, 0.4) is 0 Å². The number of ether oxygens (including phenoxy) is 1. The maximum atomic E-state index is 12.1. The molecule has 1 aromatic carbocycles.